The molecule has 0 amide bonds. The Balaban J connectivity index is 3.04. The van der Waals surface area contributed by atoms with Crippen LogP contribution < -0.4 is 0 Å². The Labute approximate surface area is 85.7 Å². The Bertz CT molecular complexity index is 79.6. The van der Waals surface area contributed by atoms with E-state index in [-0.39, 0.29) is 0 Å². The zero-order valence-electron chi connectivity index (χ0n) is 6.17. The van der Waals surface area contributed by atoms with E-state index in [1.807, 2.05) is 0 Å². The summed E-state index contributed by atoms with van der Waals surface area (Å²) >= 11 is 9.11. The van der Waals surface area contributed by atoms with Gasteiger partial charge in [0.2, 0.25) is 0 Å². The maximum absolute atomic E-state index is 3.67. The van der Waals surface area contributed by atoms with E-state index in [1.165, 1.54) is 30.1 Å². The molecule has 0 aromatic heterocycles. The van der Waals surface area contributed by atoms with Crippen LogP contribution in [0.1, 0.15) is 32.6 Å². The molecule has 0 aliphatic carbocycles. The van der Waals surface area contributed by atoms with Crippen molar-refractivity contribution in [3.05, 3.63) is 0 Å². The third kappa shape index (κ3) is 10.2. The Morgan fingerprint density at radius 1 is 1.00 bits per heavy atom. The molecule has 0 saturated carbocycles. The van der Waals surface area contributed by atoms with E-state index in [0.717, 1.165) is 0 Å². The number of hydrogen-bond acceptors (Lipinski definition) is 0. The van der Waals surface area contributed by atoms with Gasteiger partial charge in [0.05, 0.1) is 0 Å². The van der Waals surface area contributed by atoms with Crippen molar-refractivity contribution in [1.82, 2.24) is 0 Å². The minimum absolute atomic E-state index is 1.33. The Morgan fingerprint density at radius 2 is 1.60 bits per heavy atom. The summed E-state index contributed by atoms with van der Waals surface area (Å²) in [5.74, 6) is 0. The van der Waals surface area contributed by atoms with Gasteiger partial charge in [0.1, 0.15) is 0 Å². The predicted molar refractivity (Wildman–Crippen MR) is 61.5 cm³/mol. The van der Waals surface area contributed by atoms with E-state index in [4.69, 9.17) is 0 Å². The normalized spacial score (nSPS) is 12.0. The summed E-state index contributed by atoms with van der Waals surface area (Å²) < 4.78 is 1.34. The molecular formula is C6H13Br3Sn. The molecule has 0 saturated heterocycles. The first-order valence-electron chi connectivity index (χ1n) is 3.63. The van der Waals surface area contributed by atoms with Crippen LogP contribution in [0.4, 0.5) is 0 Å². The van der Waals surface area contributed by atoms with Gasteiger partial charge in [0.25, 0.3) is 0 Å². The van der Waals surface area contributed by atoms with Crippen molar-refractivity contribution in [1.29, 1.82) is 0 Å². The van der Waals surface area contributed by atoms with Gasteiger partial charge in [0, 0.05) is 0 Å². The van der Waals surface area contributed by atoms with Crippen LogP contribution in [0.2, 0.25) is 4.44 Å². The van der Waals surface area contributed by atoms with Crippen LogP contribution in [0, 0.1) is 0 Å². The van der Waals surface area contributed by atoms with Gasteiger partial charge in [-0.25, -0.2) is 0 Å². The summed E-state index contributed by atoms with van der Waals surface area (Å²) in [5, 5.41) is 0. The average molecular weight is 444 g/mol. The molecule has 0 aliphatic heterocycles. The van der Waals surface area contributed by atoms with E-state index >= 15 is 0 Å². The van der Waals surface area contributed by atoms with Gasteiger partial charge in [-0.1, -0.05) is 0 Å². The molecular weight excluding hydrogens is 430 g/mol. The summed E-state index contributed by atoms with van der Waals surface area (Å²) in [5.41, 5.74) is 0. The number of unbranched alkanes of at least 4 members (excludes halogenated alkanes) is 3. The van der Waals surface area contributed by atoms with E-state index in [1.54, 1.807) is 0 Å². The summed E-state index contributed by atoms with van der Waals surface area (Å²) in [4.78, 5) is 0. The van der Waals surface area contributed by atoms with E-state index in [0.29, 0.717) is 0 Å². The molecule has 0 nitrogen and oxygen atoms in total. The molecule has 10 heavy (non-hydrogen) atoms. The molecule has 0 bridgehead atoms. The quantitative estimate of drug-likeness (QED) is 0.427. The topological polar surface area (TPSA) is 0 Å². The molecule has 0 aromatic rings. The Hall–Kier alpha value is 2.24. The second kappa shape index (κ2) is 6.72. The van der Waals surface area contributed by atoms with Gasteiger partial charge in [-0.2, -0.15) is 0 Å². The van der Waals surface area contributed by atoms with E-state index in [2.05, 4.69) is 45.0 Å². The van der Waals surface area contributed by atoms with Crippen LogP contribution in [0.15, 0.2) is 0 Å². The molecule has 0 fully saturated rings. The molecule has 0 atom stereocenters. The fourth-order valence-corrected chi connectivity index (χ4v) is 8.25. The van der Waals surface area contributed by atoms with E-state index < -0.39 is 11.7 Å². The summed E-state index contributed by atoms with van der Waals surface area (Å²) in [6.45, 7) is 2.24. The third-order valence-corrected chi connectivity index (χ3v) is 11.9. The molecule has 0 heterocycles. The summed E-state index contributed by atoms with van der Waals surface area (Å²) in [6.07, 6.45) is 5.47. The standard InChI is InChI=1S/C6H13.3BrH.Sn/c1-3-5-6-4-2;;;;/h1,3-6H2,2H3;3*1H;/q;;;;+3/p-3. The molecule has 0 aliphatic rings. The van der Waals surface area contributed by atoms with Crippen LogP contribution in [0.5, 0.6) is 0 Å². The first kappa shape index (κ1) is 12.2. The molecule has 0 radical (unpaired) electrons. The van der Waals surface area contributed by atoms with Crippen LogP contribution in [0.3, 0.4) is 0 Å². The fourth-order valence-electron chi connectivity index (χ4n) is 0.752. The molecule has 0 aromatic carbocycles. The monoisotopic (exact) mass is 442 g/mol. The van der Waals surface area contributed by atoms with Crippen molar-refractivity contribution in [2.45, 2.75) is 37.0 Å². The van der Waals surface area contributed by atoms with E-state index in [9.17, 15) is 0 Å². The van der Waals surface area contributed by atoms with Gasteiger partial charge in [0.15, 0.2) is 0 Å². The fraction of sp³-hybridized carbons (Fsp3) is 1.00. The number of hydrogen-bond donors (Lipinski definition) is 0. The van der Waals surface area contributed by atoms with Gasteiger partial charge in [-0.15, -0.1) is 0 Å². The van der Waals surface area contributed by atoms with Gasteiger partial charge >= 0.3 is 86.9 Å². The third-order valence-electron chi connectivity index (χ3n) is 1.31. The maximum atomic E-state index is 3.67. The van der Waals surface area contributed by atoms with Crippen molar-refractivity contribution in [3.8, 4) is 0 Å². The molecule has 62 valence electrons. The molecule has 0 spiro atoms. The molecule has 0 unspecified atom stereocenters. The van der Waals surface area contributed by atoms with Gasteiger partial charge in [-0.05, 0) is 0 Å². The number of rotatable bonds is 5. The molecule has 0 N–H and O–H groups in total. The second-order valence-corrected chi connectivity index (χ2v) is 56.0. The summed E-state index contributed by atoms with van der Waals surface area (Å²) in [6, 6.07) is 0. The van der Waals surface area contributed by atoms with Crippen molar-refractivity contribution in [3.63, 3.8) is 0 Å². The van der Waals surface area contributed by atoms with Crippen molar-refractivity contribution in [2.75, 3.05) is 0 Å². The minimum atomic E-state index is -1.91. The molecule has 0 rings (SSSR count). The zero-order chi connectivity index (χ0) is 8.04. The number of halogens is 3. The van der Waals surface area contributed by atoms with Crippen LogP contribution in [-0.2, 0) is 0 Å². The predicted octanol–water partition coefficient (Wildman–Crippen LogP) is 4.69. The van der Waals surface area contributed by atoms with Crippen molar-refractivity contribution >= 4 is 49.8 Å². The zero-order valence-corrected chi connectivity index (χ0v) is 13.8. The van der Waals surface area contributed by atoms with Crippen LogP contribution in [0.25, 0.3) is 0 Å². The first-order valence-corrected chi connectivity index (χ1v) is 24.8. The van der Waals surface area contributed by atoms with Gasteiger partial charge in [-0.3, -0.25) is 0 Å². The Morgan fingerprint density at radius 3 is 2.00 bits per heavy atom. The van der Waals surface area contributed by atoms with Gasteiger partial charge < -0.3 is 0 Å². The Kier molecular flexibility index (Phi) is 8.23. The SMILES string of the molecule is CCCCC[CH2][Sn]([Br])([Br])[Br]. The van der Waals surface area contributed by atoms with Crippen LogP contribution >= 0.6 is 38.1 Å². The van der Waals surface area contributed by atoms with Crippen molar-refractivity contribution < 1.29 is 0 Å². The summed E-state index contributed by atoms with van der Waals surface area (Å²) in [7, 11) is 0. The van der Waals surface area contributed by atoms with Crippen molar-refractivity contribution in [2.24, 2.45) is 0 Å². The first-order chi connectivity index (χ1) is 4.56. The van der Waals surface area contributed by atoms with Crippen LogP contribution in [-0.4, -0.2) is 11.7 Å². The average Bonchev–Trinajstić information content (AvgIpc) is 1.78. The second-order valence-electron chi connectivity index (χ2n) is 2.43. The molecule has 4 heteroatoms.